The van der Waals surface area contributed by atoms with Gasteiger partial charge in [-0.25, -0.2) is 0 Å². The Kier molecular flexibility index (Phi) is 3.20. The lowest BCUT2D eigenvalue weighted by Gasteiger charge is -2.35. The number of rotatable bonds is 1. The van der Waals surface area contributed by atoms with Crippen LogP contribution in [0.5, 0.6) is 0 Å². The third-order valence-corrected chi connectivity index (χ3v) is 5.65. The van der Waals surface area contributed by atoms with Crippen LogP contribution in [-0.2, 0) is 24.1 Å². The quantitative estimate of drug-likeness (QED) is 0.805. The smallest absolute Gasteiger partial charge is 0.258 e. The van der Waals surface area contributed by atoms with Gasteiger partial charge in [0.15, 0.2) is 0 Å². The van der Waals surface area contributed by atoms with Gasteiger partial charge in [0.1, 0.15) is 0 Å². The highest BCUT2D eigenvalue weighted by Gasteiger charge is 2.32. The SMILES string of the molecule is O=C(c1cc2c3c(c1)CCC(=O)N3CCC2)N1CCc2ccccc21. The lowest BCUT2D eigenvalue weighted by molar-refractivity contribution is -0.119. The van der Waals surface area contributed by atoms with E-state index in [1.807, 2.05) is 40.1 Å². The molecule has 0 fully saturated rings. The van der Waals surface area contributed by atoms with Crippen molar-refractivity contribution in [3.8, 4) is 0 Å². The number of benzene rings is 2. The van der Waals surface area contributed by atoms with Crippen LogP contribution >= 0.6 is 0 Å². The molecule has 0 saturated carbocycles. The summed E-state index contributed by atoms with van der Waals surface area (Å²) < 4.78 is 0. The van der Waals surface area contributed by atoms with Crippen LogP contribution in [0, 0.1) is 0 Å². The molecule has 2 aromatic carbocycles. The van der Waals surface area contributed by atoms with Crippen LogP contribution in [0.15, 0.2) is 36.4 Å². The van der Waals surface area contributed by atoms with E-state index in [1.165, 1.54) is 5.56 Å². The van der Waals surface area contributed by atoms with Gasteiger partial charge >= 0.3 is 0 Å². The highest BCUT2D eigenvalue weighted by molar-refractivity contribution is 6.08. The van der Waals surface area contributed by atoms with E-state index in [1.54, 1.807) is 0 Å². The molecule has 0 radical (unpaired) electrons. The molecule has 0 unspecified atom stereocenters. The van der Waals surface area contributed by atoms with Crippen LogP contribution in [0.1, 0.15) is 39.9 Å². The van der Waals surface area contributed by atoms with Gasteiger partial charge in [0.05, 0.1) is 5.69 Å². The number of carbonyl (C=O) groups is 2. The molecule has 0 saturated heterocycles. The third kappa shape index (κ3) is 2.20. The number of nitrogens with zero attached hydrogens (tertiary/aromatic N) is 2. The normalized spacial score (nSPS) is 18.2. The second-order valence-corrected chi connectivity index (χ2v) is 7.13. The van der Waals surface area contributed by atoms with Crippen molar-refractivity contribution in [3.05, 3.63) is 58.7 Å². The van der Waals surface area contributed by atoms with Gasteiger partial charge in [0.2, 0.25) is 5.91 Å². The summed E-state index contributed by atoms with van der Waals surface area (Å²) in [4.78, 5) is 29.2. The van der Waals surface area contributed by atoms with E-state index < -0.39 is 0 Å². The van der Waals surface area contributed by atoms with Crippen LogP contribution in [0.25, 0.3) is 0 Å². The van der Waals surface area contributed by atoms with E-state index in [2.05, 4.69) is 6.07 Å². The number of amides is 2. The predicted octanol–water partition coefficient (Wildman–Crippen LogP) is 3.11. The van der Waals surface area contributed by atoms with Gasteiger partial charge in [-0.3, -0.25) is 9.59 Å². The molecular weight excluding hydrogens is 312 g/mol. The Morgan fingerprint density at radius 3 is 2.56 bits per heavy atom. The van der Waals surface area contributed by atoms with E-state index in [0.717, 1.165) is 66.8 Å². The van der Waals surface area contributed by atoms with E-state index in [4.69, 9.17) is 0 Å². The van der Waals surface area contributed by atoms with Crippen molar-refractivity contribution < 1.29 is 9.59 Å². The van der Waals surface area contributed by atoms with E-state index in [9.17, 15) is 9.59 Å². The van der Waals surface area contributed by atoms with Crippen molar-refractivity contribution in [1.29, 1.82) is 0 Å². The summed E-state index contributed by atoms with van der Waals surface area (Å²) in [5.74, 6) is 0.305. The first kappa shape index (κ1) is 14.7. The number of hydrogen-bond acceptors (Lipinski definition) is 2. The Hall–Kier alpha value is -2.62. The zero-order chi connectivity index (χ0) is 17.0. The second kappa shape index (κ2) is 5.45. The predicted molar refractivity (Wildman–Crippen MR) is 97.3 cm³/mol. The average Bonchev–Trinajstić information content (AvgIpc) is 3.08. The van der Waals surface area contributed by atoms with Gasteiger partial charge in [0.25, 0.3) is 5.91 Å². The largest absolute Gasteiger partial charge is 0.312 e. The molecule has 4 heteroatoms. The zero-order valence-corrected chi connectivity index (χ0v) is 14.1. The summed E-state index contributed by atoms with van der Waals surface area (Å²) >= 11 is 0. The van der Waals surface area contributed by atoms with E-state index in [-0.39, 0.29) is 11.8 Å². The second-order valence-electron chi connectivity index (χ2n) is 7.13. The molecule has 0 atom stereocenters. The Labute approximate surface area is 147 Å². The fourth-order valence-electron chi connectivity index (χ4n) is 4.48. The molecule has 2 aromatic rings. The molecule has 0 N–H and O–H groups in total. The van der Waals surface area contributed by atoms with Crippen LogP contribution < -0.4 is 9.80 Å². The van der Waals surface area contributed by atoms with Crippen molar-refractivity contribution in [1.82, 2.24) is 0 Å². The minimum absolute atomic E-state index is 0.0815. The number of anilines is 2. The van der Waals surface area contributed by atoms with Crippen molar-refractivity contribution in [2.75, 3.05) is 22.9 Å². The topological polar surface area (TPSA) is 40.6 Å². The lowest BCUT2D eigenvalue weighted by Crippen LogP contribution is -2.39. The molecule has 3 heterocycles. The summed E-state index contributed by atoms with van der Waals surface area (Å²) in [6, 6.07) is 12.2. The van der Waals surface area contributed by atoms with Gasteiger partial charge in [0, 0.05) is 30.8 Å². The Morgan fingerprint density at radius 2 is 1.68 bits per heavy atom. The fourth-order valence-corrected chi connectivity index (χ4v) is 4.48. The zero-order valence-electron chi connectivity index (χ0n) is 14.1. The molecule has 2 amide bonds. The molecule has 126 valence electrons. The maximum absolute atomic E-state index is 13.2. The van der Waals surface area contributed by atoms with Gasteiger partial charge in [-0.15, -0.1) is 0 Å². The molecule has 4 nitrogen and oxygen atoms in total. The van der Waals surface area contributed by atoms with Crippen LogP contribution in [0.4, 0.5) is 11.4 Å². The van der Waals surface area contributed by atoms with Crippen LogP contribution in [0.3, 0.4) is 0 Å². The first-order chi connectivity index (χ1) is 12.2. The Morgan fingerprint density at radius 1 is 0.880 bits per heavy atom. The standard InChI is InChI=1S/C21H20N2O2/c24-19-8-7-16-13-17(12-15-5-3-10-23(19)20(15)16)21(25)22-11-9-14-4-1-2-6-18(14)22/h1-2,4,6,12-13H,3,5,7-11H2. The maximum Gasteiger partial charge on any atom is 0.258 e. The Bertz CT molecular complexity index is 886. The fraction of sp³-hybridized carbons (Fsp3) is 0.333. The van der Waals surface area contributed by atoms with Crippen molar-refractivity contribution >= 4 is 23.2 Å². The molecule has 0 bridgehead atoms. The minimum atomic E-state index is 0.0815. The summed E-state index contributed by atoms with van der Waals surface area (Å²) in [6.07, 6.45) is 4.14. The van der Waals surface area contributed by atoms with Gasteiger partial charge in [-0.05, 0) is 60.6 Å². The van der Waals surface area contributed by atoms with Crippen molar-refractivity contribution in [3.63, 3.8) is 0 Å². The maximum atomic E-state index is 13.2. The Balaban J connectivity index is 1.56. The molecule has 25 heavy (non-hydrogen) atoms. The number of hydrogen-bond donors (Lipinski definition) is 0. The summed E-state index contributed by atoms with van der Waals surface area (Å²) in [7, 11) is 0. The summed E-state index contributed by atoms with van der Waals surface area (Å²) in [5.41, 5.74) is 6.45. The summed E-state index contributed by atoms with van der Waals surface area (Å²) in [6.45, 7) is 1.56. The average molecular weight is 332 g/mol. The van der Waals surface area contributed by atoms with E-state index >= 15 is 0 Å². The monoisotopic (exact) mass is 332 g/mol. The van der Waals surface area contributed by atoms with Crippen LogP contribution in [0.2, 0.25) is 0 Å². The first-order valence-electron chi connectivity index (χ1n) is 9.08. The molecule has 0 aliphatic carbocycles. The molecule has 0 spiro atoms. The number of para-hydroxylation sites is 1. The number of aryl methyl sites for hydroxylation is 2. The molecule has 3 aliphatic heterocycles. The first-order valence-corrected chi connectivity index (χ1v) is 9.08. The van der Waals surface area contributed by atoms with E-state index in [0.29, 0.717) is 6.42 Å². The molecular formula is C21H20N2O2. The lowest BCUT2D eigenvalue weighted by atomic mass is 9.89. The molecule has 3 aliphatic rings. The highest BCUT2D eigenvalue weighted by atomic mass is 16.2. The minimum Gasteiger partial charge on any atom is -0.312 e. The van der Waals surface area contributed by atoms with Gasteiger partial charge < -0.3 is 9.80 Å². The number of carbonyl (C=O) groups excluding carboxylic acids is 2. The van der Waals surface area contributed by atoms with Crippen molar-refractivity contribution in [2.24, 2.45) is 0 Å². The van der Waals surface area contributed by atoms with Crippen molar-refractivity contribution in [2.45, 2.75) is 32.1 Å². The van der Waals surface area contributed by atoms with Crippen LogP contribution in [-0.4, -0.2) is 24.9 Å². The highest BCUT2D eigenvalue weighted by Crippen LogP contribution is 2.37. The summed E-state index contributed by atoms with van der Waals surface area (Å²) in [5, 5.41) is 0. The number of fused-ring (bicyclic) bond motifs is 1. The molecule has 0 aromatic heterocycles. The van der Waals surface area contributed by atoms with Gasteiger partial charge in [-0.2, -0.15) is 0 Å². The van der Waals surface area contributed by atoms with Gasteiger partial charge in [-0.1, -0.05) is 18.2 Å². The third-order valence-electron chi connectivity index (χ3n) is 5.65. The molecule has 5 rings (SSSR count).